The van der Waals surface area contributed by atoms with Crippen LogP contribution in [-0.2, 0) is 9.68 Å². The van der Waals surface area contributed by atoms with Crippen LogP contribution in [0.5, 0.6) is 0 Å². The van der Waals surface area contributed by atoms with Gasteiger partial charge in [0.2, 0.25) is 0 Å². The van der Waals surface area contributed by atoms with E-state index >= 15 is 0 Å². The number of aliphatic hydroxyl groups excluding tert-OH is 1. The van der Waals surface area contributed by atoms with E-state index in [0.29, 0.717) is 12.8 Å². The second kappa shape index (κ2) is 7.63. The Labute approximate surface area is 91.2 Å². The van der Waals surface area contributed by atoms with E-state index in [4.69, 9.17) is 5.11 Å². The molecule has 94 valence electrons. The van der Waals surface area contributed by atoms with Crippen LogP contribution in [0.1, 0.15) is 26.2 Å². The molecule has 2 atom stereocenters. The molecule has 0 bridgehead atoms. The van der Waals surface area contributed by atoms with E-state index in [1.807, 2.05) is 0 Å². The fraction of sp³-hybridized carbons (Fsp3) is 1.00. The lowest BCUT2D eigenvalue weighted by Gasteiger charge is -2.19. The van der Waals surface area contributed by atoms with Crippen molar-refractivity contribution in [2.24, 2.45) is 0 Å². The van der Waals surface area contributed by atoms with Gasteiger partial charge in [0.05, 0.1) is 0 Å². The van der Waals surface area contributed by atoms with Gasteiger partial charge in [-0.05, 0) is 26.2 Å². The van der Waals surface area contributed by atoms with Crippen molar-refractivity contribution in [3.8, 4) is 0 Å². The van der Waals surface area contributed by atoms with Crippen molar-refractivity contribution in [2.45, 2.75) is 38.4 Å². The van der Waals surface area contributed by atoms with Gasteiger partial charge in [-0.15, -0.1) is 20.2 Å². The maximum atomic E-state index is 10.1. The molecule has 0 saturated carbocycles. The van der Waals surface area contributed by atoms with E-state index in [0.717, 1.165) is 0 Å². The van der Waals surface area contributed by atoms with Gasteiger partial charge in [0.25, 0.3) is 10.2 Å². The van der Waals surface area contributed by atoms with Crippen LogP contribution in [0.2, 0.25) is 0 Å². The predicted octanol–water partition coefficient (Wildman–Crippen LogP) is 0.323. The highest BCUT2D eigenvalue weighted by molar-refractivity contribution is 4.63. The zero-order chi connectivity index (χ0) is 12.6. The van der Waals surface area contributed by atoms with Gasteiger partial charge in [0, 0.05) is 6.61 Å². The molecule has 16 heavy (non-hydrogen) atoms. The van der Waals surface area contributed by atoms with Crippen molar-refractivity contribution in [1.29, 1.82) is 0 Å². The van der Waals surface area contributed by atoms with Crippen molar-refractivity contribution < 1.29 is 25.0 Å². The van der Waals surface area contributed by atoms with Crippen molar-refractivity contribution in [2.75, 3.05) is 6.61 Å². The number of hydrogen-bond acceptors (Lipinski definition) is 7. The van der Waals surface area contributed by atoms with Gasteiger partial charge in [-0.3, -0.25) is 0 Å². The van der Waals surface area contributed by atoms with E-state index in [1.54, 1.807) is 0 Å². The first kappa shape index (κ1) is 14.4. The molecule has 9 heteroatoms. The van der Waals surface area contributed by atoms with E-state index in [1.165, 1.54) is 6.92 Å². The van der Waals surface area contributed by atoms with Gasteiger partial charge < -0.3 is 14.8 Å². The summed E-state index contributed by atoms with van der Waals surface area (Å²) in [6, 6.07) is 0. The maximum absolute atomic E-state index is 10.1. The average Bonchev–Trinajstić information content (AvgIpc) is 2.14. The molecule has 0 radical (unpaired) electrons. The molecule has 0 heterocycles. The Morgan fingerprint density at radius 3 is 2.19 bits per heavy atom. The van der Waals surface area contributed by atoms with Crippen molar-refractivity contribution in [1.82, 2.24) is 0 Å². The number of aliphatic hydroxyl groups is 1. The molecule has 0 aromatic carbocycles. The lowest BCUT2D eigenvalue weighted by atomic mass is 10.1. The lowest BCUT2D eigenvalue weighted by molar-refractivity contribution is -0.798. The van der Waals surface area contributed by atoms with Gasteiger partial charge >= 0.3 is 0 Å². The number of rotatable bonds is 9. The highest BCUT2D eigenvalue weighted by atomic mass is 17.0. The Kier molecular flexibility index (Phi) is 6.84. The summed E-state index contributed by atoms with van der Waals surface area (Å²) in [5.41, 5.74) is 0. The van der Waals surface area contributed by atoms with Crippen molar-refractivity contribution in [3.05, 3.63) is 20.2 Å². The topological polar surface area (TPSA) is 125 Å². The first-order valence-electron chi connectivity index (χ1n) is 4.70. The minimum absolute atomic E-state index is 0.0460. The third-order valence-electron chi connectivity index (χ3n) is 1.89. The summed E-state index contributed by atoms with van der Waals surface area (Å²) in [5.74, 6) is 0. The van der Waals surface area contributed by atoms with Crippen LogP contribution < -0.4 is 0 Å². The minimum atomic E-state index is -1.03. The highest BCUT2D eigenvalue weighted by Gasteiger charge is 2.23. The average molecular weight is 238 g/mol. The van der Waals surface area contributed by atoms with Crippen LogP contribution in [0.15, 0.2) is 0 Å². The predicted molar refractivity (Wildman–Crippen MR) is 50.3 cm³/mol. The lowest BCUT2D eigenvalue weighted by Crippen LogP contribution is -2.32. The monoisotopic (exact) mass is 238 g/mol. The Balaban J connectivity index is 4.16. The van der Waals surface area contributed by atoms with E-state index < -0.39 is 22.4 Å². The van der Waals surface area contributed by atoms with Crippen molar-refractivity contribution >= 4 is 0 Å². The van der Waals surface area contributed by atoms with Crippen LogP contribution in [0.3, 0.4) is 0 Å². The Morgan fingerprint density at radius 2 is 1.75 bits per heavy atom. The summed E-state index contributed by atoms with van der Waals surface area (Å²) in [6.07, 6.45) is -0.925. The first-order chi connectivity index (χ1) is 7.47. The van der Waals surface area contributed by atoms with Crippen LogP contribution in [0.25, 0.3) is 0 Å². The molecule has 0 fully saturated rings. The maximum Gasteiger partial charge on any atom is 0.294 e. The highest BCUT2D eigenvalue weighted by Crippen LogP contribution is 2.12. The third-order valence-corrected chi connectivity index (χ3v) is 1.89. The van der Waals surface area contributed by atoms with Crippen LogP contribution in [0.4, 0.5) is 0 Å². The van der Waals surface area contributed by atoms with Crippen LogP contribution in [-0.4, -0.2) is 34.1 Å². The molecule has 0 aliphatic heterocycles. The quantitative estimate of drug-likeness (QED) is 0.348. The Hall–Kier alpha value is -1.64. The fourth-order valence-corrected chi connectivity index (χ4v) is 1.14. The van der Waals surface area contributed by atoms with Crippen LogP contribution in [0, 0.1) is 20.2 Å². The molecule has 0 saturated heterocycles. The fourth-order valence-electron chi connectivity index (χ4n) is 1.14. The molecular weight excluding hydrogens is 224 g/mol. The molecule has 1 N–H and O–H groups in total. The molecule has 0 spiro atoms. The van der Waals surface area contributed by atoms with Gasteiger partial charge in [-0.2, -0.15) is 0 Å². The second-order valence-corrected chi connectivity index (χ2v) is 3.12. The van der Waals surface area contributed by atoms with E-state index in [-0.39, 0.29) is 13.0 Å². The molecular formula is C7H14N2O7. The first-order valence-corrected chi connectivity index (χ1v) is 4.70. The molecule has 9 nitrogen and oxygen atoms in total. The number of unbranched alkanes of at least 4 members (excludes halogenated alkanes) is 1. The largest absolute Gasteiger partial charge is 0.396 e. The Morgan fingerprint density at radius 1 is 1.19 bits per heavy atom. The number of hydrogen-bond donors (Lipinski definition) is 1. The molecule has 0 aliphatic rings. The molecule has 0 aromatic rings. The minimum Gasteiger partial charge on any atom is -0.396 e. The van der Waals surface area contributed by atoms with Gasteiger partial charge in [0.15, 0.2) is 0 Å². The zero-order valence-electron chi connectivity index (χ0n) is 8.77. The second-order valence-electron chi connectivity index (χ2n) is 3.12. The molecule has 0 amide bonds. The summed E-state index contributed by atoms with van der Waals surface area (Å²) in [6.45, 7) is 1.27. The molecule has 0 unspecified atom stereocenters. The van der Waals surface area contributed by atoms with Gasteiger partial charge in [-0.1, -0.05) is 0 Å². The number of nitrogens with zero attached hydrogens (tertiary/aromatic N) is 2. The third kappa shape index (κ3) is 6.76. The molecule has 0 aromatic heterocycles. The summed E-state index contributed by atoms with van der Waals surface area (Å²) < 4.78 is 0. The Bertz CT molecular complexity index is 235. The SMILES string of the molecule is C[C@@H](O[N+](=O)[O-])[C@H](CCCCO)O[N+](=O)[O-]. The normalized spacial score (nSPS) is 13.9. The summed E-state index contributed by atoms with van der Waals surface area (Å²) in [7, 11) is 0. The van der Waals surface area contributed by atoms with E-state index in [9.17, 15) is 20.2 Å². The smallest absolute Gasteiger partial charge is 0.294 e. The van der Waals surface area contributed by atoms with E-state index in [2.05, 4.69) is 9.68 Å². The zero-order valence-corrected chi connectivity index (χ0v) is 8.77. The summed E-state index contributed by atoms with van der Waals surface area (Å²) >= 11 is 0. The van der Waals surface area contributed by atoms with Gasteiger partial charge in [0.1, 0.15) is 12.2 Å². The van der Waals surface area contributed by atoms with Gasteiger partial charge in [-0.25, -0.2) is 0 Å². The standard InChI is InChI=1S/C7H14N2O7/c1-6(15-8(11)12)7(16-9(13)14)4-2-3-5-10/h6-7,10H,2-5H2,1H3/t6-,7+/m1/s1. The summed E-state index contributed by atoms with van der Waals surface area (Å²) in [5, 5.41) is 26.7. The van der Waals surface area contributed by atoms with Crippen molar-refractivity contribution in [3.63, 3.8) is 0 Å². The molecule has 0 aliphatic carbocycles. The van der Waals surface area contributed by atoms with Crippen LogP contribution >= 0.6 is 0 Å². The summed E-state index contributed by atoms with van der Waals surface area (Å²) in [4.78, 5) is 28.6. The molecule has 0 rings (SSSR count).